The van der Waals surface area contributed by atoms with Gasteiger partial charge >= 0.3 is 0 Å². The summed E-state index contributed by atoms with van der Waals surface area (Å²) in [5.41, 5.74) is 4.12. The molecule has 0 unspecified atom stereocenters. The van der Waals surface area contributed by atoms with Gasteiger partial charge in [-0.25, -0.2) is 0 Å². The second-order valence-corrected chi connectivity index (χ2v) is 5.52. The van der Waals surface area contributed by atoms with E-state index in [1.165, 1.54) is 29.7 Å². The second kappa shape index (κ2) is 9.62. The first-order valence-corrected chi connectivity index (χ1v) is 8.40. The average molecular weight is 288 g/mol. The maximum atomic E-state index is 4.04. The Morgan fingerprint density at radius 3 is 2.52 bits per heavy atom. The maximum Gasteiger partial charge on any atom is 0.0205 e. The van der Waals surface area contributed by atoms with E-state index < -0.39 is 0 Å². The van der Waals surface area contributed by atoms with Crippen LogP contribution in [0, 0.1) is 0 Å². The Hall–Kier alpha value is -1.28. The van der Waals surface area contributed by atoms with Crippen LogP contribution in [0.5, 0.6) is 0 Å². The molecule has 0 bridgehead atoms. The first-order chi connectivity index (χ1) is 10.2. The molecule has 0 aromatic heterocycles. The quantitative estimate of drug-likeness (QED) is 0.856. The van der Waals surface area contributed by atoms with Gasteiger partial charge in [0.05, 0.1) is 0 Å². The third-order valence-electron chi connectivity index (χ3n) is 4.04. The van der Waals surface area contributed by atoms with Crippen LogP contribution >= 0.6 is 0 Å². The van der Waals surface area contributed by atoms with Crippen molar-refractivity contribution in [3.63, 3.8) is 0 Å². The van der Waals surface area contributed by atoms with E-state index in [1.54, 1.807) is 0 Å². The first kappa shape index (κ1) is 17.8. The fourth-order valence-corrected chi connectivity index (χ4v) is 2.82. The van der Waals surface area contributed by atoms with E-state index in [9.17, 15) is 0 Å². The van der Waals surface area contributed by atoms with Crippen LogP contribution in [0.25, 0.3) is 0 Å². The Morgan fingerprint density at radius 2 is 1.95 bits per heavy atom. The molecule has 1 heterocycles. The van der Waals surface area contributed by atoms with Gasteiger partial charge in [-0.15, -0.1) is 0 Å². The minimum Gasteiger partial charge on any atom is -0.375 e. The number of hydrogen-bond acceptors (Lipinski definition) is 2. The van der Waals surface area contributed by atoms with Crippen molar-refractivity contribution in [1.29, 1.82) is 0 Å². The van der Waals surface area contributed by atoms with Gasteiger partial charge in [0.1, 0.15) is 0 Å². The van der Waals surface area contributed by atoms with Crippen LogP contribution in [-0.2, 0) is 6.54 Å². The summed E-state index contributed by atoms with van der Waals surface area (Å²) in [4.78, 5) is 2.40. The lowest BCUT2D eigenvalue weighted by molar-refractivity contribution is 0.264. The topological polar surface area (TPSA) is 15.3 Å². The molecule has 0 amide bonds. The van der Waals surface area contributed by atoms with E-state index >= 15 is 0 Å². The number of allylic oxidation sites excluding steroid dienone is 1. The molecule has 1 fully saturated rings. The van der Waals surface area contributed by atoms with Crippen LogP contribution in [0.15, 0.2) is 36.5 Å². The van der Waals surface area contributed by atoms with Crippen molar-refractivity contribution in [1.82, 2.24) is 10.2 Å². The molecule has 118 valence electrons. The third-order valence-corrected chi connectivity index (χ3v) is 4.04. The van der Waals surface area contributed by atoms with E-state index in [4.69, 9.17) is 0 Å². The summed E-state index contributed by atoms with van der Waals surface area (Å²) in [6.07, 6.45) is 2.50. The molecule has 1 aromatic carbocycles. The van der Waals surface area contributed by atoms with E-state index in [1.807, 2.05) is 13.8 Å². The number of piperidine rings is 1. The van der Waals surface area contributed by atoms with Crippen molar-refractivity contribution in [2.45, 2.75) is 53.0 Å². The molecule has 1 aromatic rings. The second-order valence-electron chi connectivity index (χ2n) is 5.52. The highest BCUT2D eigenvalue weighted by Crippen LogP contribution is 2.29. The summed E-state index contributed by atoms with van der Waals surface area (Å²) in [7, 11) is 0. The molecule has 2 heteroatoms. The lowest BCUT2D eigenvalue weighted by atomic mass is 9.88. The monoisotopic (exact) mass is 288 g/mol. The molecular formula is C19H32N2. The van der Waals surface area contributed by atoms with Crippen LogP contribution in [-0.4, -0.2) is 24.5 Å². The number of benzene rings is 1. The van der Waals surface area contributed by atoms with Gasteiger partial charge in [0.15, 0.2) is 0 Å². The summed E-state index contributed by atoms with van der Waals surface area (Å²) in [6, 6.07) is 9.09. The van der Waals surface area contributed by atoms with Gasteiger partial charge in [-0.2, -0.15) is 0 Å². The predicted octanol–water partition coefficient (Wildman–Crippen LogP) is 4.54. The van der Waals surface area contributed by atoms with Crippen molar-refractivity contribution in [3.05, 3.63) is 47.7 Å². The minimum atomic E-state index is 0.720. The predicted molar refractivity (Wildman–Crippen MR) is 93.5 cm³/mol. The average Bonchev–Trinajstić information content (AvgIpc) is 2.55. The molecule has 0 atom stereocenters. The number of rotatable bonds is 5. The van der Waals surface area contributed by atoms with Crippen molar-refractivity contribution in [2.75, 3.05) is 19.6 Å². The van der Waals surface area contributed by atoms with Crippen molar-refractivity contribution < 1.29 is 0 Å². The largest absolute Gasteiger partial charge is 0.375 e. The summed E-state index contributed by atoms with van der Waals surface area (Å²) >= 11 is 0. The summed E-state index contributed by atoms with van der Waals surface area (Å²) in [6.45, 7) is 16.6. The fourth-order valence-electron chi connectivity index (χ4n) is 2.82. The highest BCUT2D eigenvalue weighted by atomic mass is 15.1. The van der Waals surface area contributed by atoms with Gasteiger partial charge in [0.25, 0.3) is 0 Å². The van der Waals surface area contributed by atoms with Crippen molar-refractivity contribution >= 4 is 0 Å². The molecule has 1 aliphatic heterocycles. The van der Waals surface area contributed by atoms with Crippen molar-refractivity contribution in [2.24, 2.45) is 0 Å². The smallest absolute Gasteiger partial charge is 0.0205 e. The van der Waals surface area contributed by atoms with E-state index in [0.717, 1.165) is 32.1 Å². The number of likely N-dealkylation sites (tertiary alicyclic amines) is 1. The maximum absolute atomic E-state index is 4.04. The fraction of sp³-hybridized carbons (Fsp3) is 0.579. The van der Waals surface area contributed by atoms with E-state index in [0.29, 0.717) is 0 Å². The van der Waals surface area contributed by atoms with Gasteiger partial charge in [0, 0.05) is 25.3 Å². The van der Waals surface area contributed by atoms with E-state index in [2.05, 4.69) is 54.9 Å². The highest BCUT2D eigenvalue weighted by Gasteiger charge is 2.20. The van der Waals surface area contributed by atoms with Gasteiger partial charge in [-0.05, 0) is 43.4 Å². The Kier molecular flexibility index (Phi) is 8.14. The zero-order chi connectivity index (χ0) is 15.7. The molecule has 2 nitrogen and oxygen atoms in total. The Morgan fingerprint density at radius 1 is 1.29 bits per heavy atom. The number of hydrogen-bond donors (Lipinski definition) is 1. The molecule has 2 rings (SSSR count). The first-order valence-electron chi connectivity index (χ1n) is 8.40. The Labute approximate surface area is 131 Å². The van der Waals surface area contributed by atoms with Gasteiger partial charge < -0.3 is 10.2 Å². The van der Waals surface area contributed by atoms with Crippen LogP contribution < -0.4 is 5.32 Å². The molecule has 1 saturated heterocycles. The molecule has 0 radical (unpaired) electrons. The van der Waals surface area contributed by atoms with E-state index in [-0.39, 0.29) is 0 Å². The SMILES string of the molecule is C=C(C)N1CCC(c2cccc(CNCC)c2)CC1.CC. The number of nitrogens with one attached hydrogen (secondary N) is 1. The van der Waals surface area contributed by atoms with Crippen molar-refractivity contribution in [3.8, 4) is 0 Å². The molecule has 1 N–H and O–H groups in total. The minimum absolute atomic E-state index is 0.720. The Bertz CT molecular complexity index is 417. The summed E-state index contributed by atoms with van der Waals surface area (Å²) in [5, 5.41) is 3.40. The summed E-state index contributed by atoms with van der Waals surface area (Å²) < 4.78 is 0. The zero-order valence-corrected chi connectivity index (χ0v) is 14.3. The molecule has 21 heavy (non-hydrogen) atoms. The van der Waals surface area contributed by atoms with Gasteiger partial charge in [0.2, 0.25) is 0 Å². The third kappa shape index (κ3) is 5.55. The van der Waals surface area contributed by atoms with Crippen LogP contribution in [0.1, 0.15) is 57.6 Å². The molecule has 0 spiro atoms. The molecule has 1 aliphatic rings. The highest BCUT2D eigenvalue weighted by molar-refractivity contribution is 5.27. The Balaban J connectivity index is 0.00000106. The lowest BCUT2D eigenvalue weighted by Crippen LogP contribution is -2.31. The standard InChI is InChI=1S/C17H26N2.C2H6/c1-4-18-13-15-6-5-7-17(12-15)16-8-10-19(11-9-16)14(2)3;1-2/h5-7,12,16,18H,2,4,8-11,13H2,1,3H3;1-2H3. The number of nitrogens with zero attached hydrogens (tertiary/aromatic N) is 1. The normalized spacial score (nSPS) is 15.3. The van der Waals surface area contributed by atoms with Crippen LogP contribution in [0.4, 0.5) is 0 Å². The molecule has 0 saturated carbocycles. The van der Waals surface area contributed by atoms with Crippen LogP contribution in [0.3, 0.4) is 0 Å². The van der Waals surface area contributed by atoms with Gasteiger partial charge in [-0.3, -0.25) is 0 Å². The molecule has 0 aliphatic carbocycles. The molecular weight excluding hydrogens is 256 g/mol. The van der Waals surface area contributed by atoms with Crippen LogP contribution in [0.2, 0.25) is 0 Å². The zero-order valence-electron chi connectivity index (χ0n) is 14.3. The lowest BCUT2D eigenvalue weighted by Gasteiger charge is -2.34. The van der Waals surface area contributed by atoms with Gasteiger partial charge in [-0.1, -0.05) is 51.6 Å². The summed E-state index contributed by atoms with van der Waals surface area (Å²) in [5.74, 6) is 0.720.